The van der Waals surface area contributed by atoms with E-state index in [1.54, 1.807) is 13.3 Å². The number of allylic oxidation sites excluding steroid dienone is 6. The molecule has 3 heterocycles. The number of aromatic nitrogens is 3. The highest BCUT2D eigenvalue weighted by Gasteiger charge is 2.34. The Balaban J connectivity index is 1.56. The first-order valence-electron chi connectivity index (χ1n) is 16.1. The maximum atomic E-state index is 13.2. The number of thioether (sulfide) groups is 1. The maximum Gasteiger partial charge on any atom is 0.311 e. The number of benzene rings is 1. The highest BCUT2D eigenvalue weighted by Crippen LogP contribution is 2.44. The molecule has 0 N–H and O–H groups in total. The molecule has 0 fully saturated rings. The second-order valence-corrected chi connectivity index (χ2v) is 15.1. The maximum absolute atomic E-state index is 13.2. The van der Waals surface area contributed by atoms with Crippen molar-refractivity contribution in [3.05, 3.63) is 114 Å². The average molecular weight is 652 g/mol. The minimum atomic E-state index is -0.728. The summed E-state index contributed by atoms with van der Waals surface area (Å²) in [5, 5.41) is 1.11. The third-order valence-electron chi connectivity index (χ3n) is 7.89. The van der Waals surface area contributed by atoms with Crippen molar-refractivity contribution in [2.24, 2.45) is 5.41 Å². The van der Waals surface area contributed by atoms with Crippen molar-refractivity contribution < 1.29 is 19.0 Å². The number of pyridine rings is 2. The highest BCUT2D eigenvalue weighted by molar-refractivity contribution is 8.00. The van der Waals surface area contributed by atoms with Crippen LogP contribution in [0.15, 0.2) is 102 Å². The molecule has 1 aromatic carbocycles. The van der Waals surface area contributed by atoms with Crippen LogP contribution in [0.1, 0.15) is 64.4 Å². The Hall–Kier alpha value is -4.30. The first-order chi connectivity index (χ1) is 22.5. The molecule has 0 saturated heterocycles. The van der Waals surface area contributed by atoms with Gasteiger partial charge in [-0.3, -0.25) is 9.78 Å². The molecule has 4 aromatic rings. The van der Waals surface area contributed by atoms with Crippen LogP contribution >= 0.6 is 11.8 Å². The summed E-state index contributed by atoms with van der Waals surface area (Å²) in [5.74, 6) is 1.27. The number of hydrogen-bond donors (Lipinski definition) is 0. The number of esters is 1. The molecule has 1 unspecified atom stereocenters. The fourth-order valence-electron chi connectivity index (χ4n) is 5.55. The van der Waals surface area contributed by atoms with Crippen LogP contribution < -0.4 is 9.47 Å². The van der Waals surface area contributed by atoms with Crippen molar-refractivity contribution in [3.8, 4) is 11.6 Å². The number of carbonyl (C=O) groups excluding carboxylic acids is 1. The predicted octanol–water partition coefficient (Wildman–Crippen LogP) is 8.88. The van der Waals surface area contributed by atoms with E-state index in [0.29, 0.717) is 32.1 Å². The number of rotatable bonds is 12. The first-order valence-corrected chi connectivity index (χ1v) is 16.9. The molecular formula is C39H45N3O4S. The van der Waals surface area contributed by atoms with E-state index < -0.39 is 5.41 Å². The molecule has 0 spiro atoms. The smallest absolute Gasteiger partial charge is 0.311 e. The van der Waals surface area contributed by atoms with Gasteiger partial charge in [0, 0.05) is 63.6 Å². The Morgan fingerprint density at radius 1 is 1.02 bits per heavy atom. The van der Waals surface area contributed by atoms with E-state index in [9.17, 15) is 4.79 Å². The number of fused-ring (bicyclic) bond motifs is 1. The first kappa shape index (κ1) is 34.0. The van der Waals surface area contributed by atoms with Gasteiger partial charge in [-0.15, -0.1) is 11.8 Å². The average Bonchev–Trinajstić information content (AvgIpc) is 3.17. The van der Waals surface area contributed by atoms with Gasteiger partial charge in [0.15, 0.2) is 0 Å². The Morgan fingerprint density at radius 3 is 2.53 bits per heavy atom. The summed E-state index contributed by atoms with van der Waals surface area (Å²) >= 11 is 1.82. The molecule has 1 atom stereocenters. The molecule has 1 aliphatic rings. The van der Waals surface area contributed by atoms with Crippen LogP contribution in [0.2, 0.25) is 0 Å². The molecule has 1 aliphatic carbocycles. The molecular weight excluding hydrogens is 607 g/mol. The van der Waals surface area contributed by atoms with Crippen LogP contribution in [0, 0.1) is 5.41 Å². The van der Waals surface area contributed by atoms with E-state index in [0.717, 1.165) is 44.1 Å². The highest BCUT2D eigenvalue weighted by atomic mass is 32.2. The minimum absolute atomic E-state index is 0.0728. The van der Waals surface area contributed by atoms with Gasteiger partial charge in [-0.2, -0.15) is 0 Å². The van der Waals surface area contributed by atoms with Crippen molar-refractivity contribution >= 4 is 28.6 Å². The summed E-state index contributed by atoms with van der Waals surface area (Å²) in [6, 6.07) is 16.1. The zero-order valence-corrected chi connectivity index (χ0v) is 29.3. The molecule has 3 aromatic heterocycles. The van der Waals surface area contributed by atoms with Gasteiger partial charge in [-0.05, 0) is 62.2 Å². The molecule has 7 nitrogen and oxygen atoms in total. The summed E-state index contributed by atoms with van der Waals surface area (Å²) in [6.07, 6.45) is 15.0. The van der Waals surface area contributed by atoms with Crippen LogP contribution in [0.3, 0.4) is 0 Å². The van der Waals surface area contributed by atoms with E-state index in [1.807, 2.05) is 69.1 Å². The summed E-state index contributed by atoms with van der Waals surface area (Å²) in [7, 11) is 1.62. The van der Waals surface area contributed by atoms with Gasteiger partial charge in [0.2, 0.25) is 5.88 Å². The monoisotopic (exact) mass is 651 g/mol. The van der Waals surface area contributed by atoms with E-state index >= 15 is 0 Å². The van der Waals surface area contributed by atoms with Gasteiger partial charge in [-0.25, -0.2) is 4.98 Å². The summed E-state index contributed by atoms with van der Waals surface area (Å²) < 4.78 is 19.3. The second-order valence-electron chi connectivity index (χ2n) is 13.3. The Morgan fingerprint density at radius 2 is 1.85 bits per heavy atom. The van der Waals surface area contributed by atoms with Gasteiger partial charge in [0.25, 0.3) is 0 Å². The zero-order chi connectivity index (χ0) is 33.6. The van der Waals surface area contributed by atoms with Crippen LogP contribution in [0.4, 0.5) is 0 Å². The molecule has 0 amide bonds. The summed E-state index contributed by atoms with van der Waals surface area (Å²) in [4.78, 5) is 23.2. The van der Waals surface area contributed by atoms with Crippen molar-refractivity contribution in [1.29, 1.82) is 0 Å². The number of methoxy groups -OCH3 is 1. The summed E-state index contributed by atoms with van der Waals surface area (Å²) in [6.45, 7) is 13.8. The fourth-order valence-corrected chi connectivity index (χ4v) is 6.73. The van der Waals surface area contributed by atoms with Gasteiger partial charge in [-0.1, -0.05) is 63.3 Å². The molecule has 0 bridgehead atoms. The Kier molecular flexibility index (Phi) is 10.6. The normalized spacial score (nSPS) is 15.0. The van der Waals surface area contributed by atoms with Crippen LogP contribution in [-0.2, 0) is 29.1 Å². The van der Waals surface area contributed by atoms with Gasteiger partial charge in [0.1, 0.15) is 12.4 Å². The quantitative estimate of drug-likeness (QED) is 0.112. The lowest BCUT2D eigenvalue weighted by atomic mass is 9.87. The van der Waals surface area contributed by atoms with E-state index in [1.165, 1.54) is 0 Å². The largest absolute Gasteiger partial charge is 0.487 e. The van der Waals surface area contributed by atoms with E-state index in [2.05, 4.69) is 83.9 Å². The molecule has 8 heteroatoms. The van der Waals surface area contributed by atoms with Crippen LogP contribution in [0.25, 0.3) is 10.9 Å². The molecule has 47 heavy (non-hydrogen) atoms. The molecule has 0 radical (unpaired) electrons. The third-order valence-corrected chi connectivity index (χ3v) is 9.16. The molecule has 0 saturated carbocycles. The predicted molar refractivity (Wildman–Crippen MR) is 190 cm³/mol. The molecule has 246 valence electrons. The van der Waals surface area contributed by atoms with Crippen molar-refractivity contribution in [2.75, 3.05) is 13.7 Å². The minimum Gasteiger partial charge on any atom is -0.487 e. The van der Waals surface area contributed by atoms with Gasteiger partial charge in [0.05, 0.1) is 24.8 Å². The standard InChI is InChI=1S/C39H45N3O4S/c1-8-45-37(43)39(5,6)23-34-36(47-38(2,3)4)32-22-31(46-26-30-14-9-10-21-40-30)18-19-33(32)42(34)25-27-12-11-13-28(16-15-27)29-17-20-35(44-7)41-24-29/h9-22,24,28H,8,23,25-26H2,1-7H3. The number of nitrogens with zero attached hydrogens (tertiary/aromatic N) is 3. The Labute approximate surface area is 282 Å². The van der Waals surface area contributed by atoms with Crippen molar-refractivity contribution in [1.82, 2.24) is 14.5 Å². The topological polar surface area (TPSA) is 75.5 Å². The summed E-state index contributed by atoms with van der Waals surface area (Å²) in [5.41, 5.74) is 4.59. The molecule has 0 aliphatic heterocycles. The lowest BCUT2D eigenvalue weighted by Crippen LogP contribution is -2.30. The zero-order valence-electron chi connectivity index (χ0n) is 28.4. The lowest BCUT2D eigenvalue weighted by molar-refractivity contribution is -0.153. The number of hydrogen-bond acceptors (Lipinski definition) is 7. The number of carbonyl (C=O) groups is 1. The molecule has 5 rings (SSSR count). The van der Waals surface area contributed by atoms with E-state index in [4.69, 9.17) is 14.2 Å². The second kappa shape index (κ2) is 14.6. The third kappa shape index (κ3) is 8.55. The Bertz CT molecular complexity index is 1780. The van der Waals surface area contributed by atoms with Crippen molar-refractivity contribution in [2.45, 2.75) is 76.7 Å². The fraction of sp³-hybridized carbons (Fsp3) is 0.359. The van der Waals surface area contributed by atoms with Gasteiger partial charge >= 0.3 is 5.97 Å². The van der Waals surface area contributed by atoms with Crippen molar-refractivity contribution in [3.63, 3.8) is 0 Å². The van der Waals surface area contributed by atoms with E-state index in [-0.39, 0.29) is 16.6 Å². The SMILES string of the molecule is CCOC(=O)C(C)(C)Cc1c(SC(C)(C)C)c2cc(OCc3ccccn3)ccc2n1CC1=CC=CC(c2ccc(OC)nc2)C=C1. The number of ether oxygens (including phenoxy) is 3. The van der Waals surface area contributed by atoms with Crippen LogP contribution in [-0.4, -0.2) is 39.0 Å². The lowest BCUT2D eigenvalue weighted by Gasteiger charge is -2.26. The van der Waals surface area contributed by atoms with Gasteiger partial charge < -0.3 is 18.8 Å². The van der Waals surface area contributed by atoms with Crippen LogP contribution in [0.5, 0.6) is 11.6 Å².